The predicted octanol–water partition coefficient (Wildman–Crippen LogP) is 4.54. The van der Waals surface area contributed by atoms with Crippen LogP contribution >= 0.6 is 11.8 Å². The van der Waals surface area contributed by atoms with E-state index in [2.05, 4.69) is 48.0 Å². The quantitative estimate of drug-likeness (QED) is 0.773. The number of rotatable bonds is 6. The Labute approximate surface area is 154 Å². The van der Waals surface area contributed by atoms with Crippen molar-refractivity contribution in [1.82, 2.24) is 5.32 Å². The fraction of sp³-hybridized carbons (Fsp3) is 0.381. The van der Waals surface area contributed by atoms with Crippen molar-refractivity contribution in [3.05, 3.63) is 48.0 Å². The van der Waals surface area contributed by atoms with Crippen LogP contribution in [0.3, 0.4) is 0 Å². The first-order valence-corrected chi connectivity index (χ1v) is 10.0. The molecule has 25 heavy (non-hydrogen) atoms. The fourth-order valence-corrected chi connectivity index (χ4v) is 3.38. The molecule has 132 valence electrons. The van der Waals surface area contributed by atoms with Gasteiger partial charge in [0.1, 0.15) is 11.9 Å². The Bertz CT molecular complexity index is 742. The lowest BCUT2D eigenvalue weighted by Gasteiger charge is -2.14. The molecule has 3 nitrogen and oxygen atoms in total. The summed E-state index contributed by atoms with van der Waals surface area (Å²) in [7, 11) is 0. The number of thioether (sulfide) groups is 1. The largest absolute Gasteiger partial charge is 0.488 e. The number of hydrogen-bond donors (Lipinski definition) is 1. The van der Waals surface area contributed by atoms with E-state index in [1.54, 1.807) is 11.8 Å². The van der Waals surface area contributed by atoms with Gasteiger partial charge in [-0.25, -0.2) is 0 Å². The van der Waals surface area contributed by atoms with Crippen LogP contribution in [0.15, 0.2) is 47.4 Å². The van der Waals surface area contributed by atoms with Crippen LogP contribution in [0.4, 0.5) is 0 Å². The molecule has 1 amide bonds. The summed E-state index contributed by atoms with van der Waals surface area (Å²) in [5.74, 6) is 1.10. The second-order valence-electron chi connectivity index (χ2n) is 6.55. The van der Waals surface area contributed by atoms with E-state index in [1.165, 1.54) is 21.6 Å². The van der Waals surface area contributed by atoms with Crippen molar-refractivity contribution in [1.29, 1.82) is 0 Å². The van der Waals surface area contributed by atoms with Crippen LogP contribution in [0.2, 0.25) is 0 Å². The van der Waals surface area contributed by atoms with Crippen LogP contribution in [0.1, 0.15) is 25.8 Å². The zero-order chi connectivity index (χ0) is 17.8. The number of hydrogen-bond acceptors (Lipinski definition) is 3. The Balaban J connectivity index is 1.65. The number of nitrogens with one attached hydrogen (secondary N) is 1. The molecular weight excluding hydrogens is 330 g/mol. The highest BCUT2D eigenvalue weighted by molar-refractivity contribution is 7.98. The third-order valence-corrected chi connectivity index (χ3v) is 5.53. The smallest absolute Gasteiger partial charge is 0.222 e. The number of amides is 1. The topological polar surface area (TPSA) is 38.3 Å². The molecule has 1 N–H and O–H groups in total. The molecule has 2 aromatic rings. The Hall–Kier alpha value is -1.94. The van der Waals surface area contributed by atoms with Gasteiger partial charge in [-0.05, 0) is 53.6 Å². The first kappa shape index (κ1) is 17.9. The van der Waals surface area contributed by atoms with E-state index in [1.807, 2.05) is 19.9 Å². The van der Waals surface area contributed by atoms with Crippen LogP contribution < -0.4 is 10.1 Å². The third kappa shape index (κ3) is 4.18. The molecule has 0 aromatic heterocycles. The van der Waals surface area contributed by atoms with E-state index >= 15 is 0 Å². The first-order chi connectivity index (χ1) is 12.1. The normalized spacial score (nSPS) is 16.8. The highest BCUT2D eigenvalue weighted by atomic mass is 32.2. The summed E-state index contributed by atoms with van der Waals surface area (Å²) < 4.78 is 5.98. The molecule has 3 rings (SSSR count). The van der Waals surface area contributed by atoms with Crippen LogP contribution in [0, 0.1) is 5.92 Å². The van der Waals surface area contributed by atoms with Crippen molar-refractivity contribution in [2.45, 2.75) is 37.7 Å². The second-order valence-corrected chi connectivity index (χ2v) is 7.43. The van der Waals surface area contributed by atoms with Gasteiger partial charge in [0, 0.05) is 17.2 Å². The second kappa shape index (κ2) is 7.96. The molecule has 0 radical (unpaired) electrons. The van der Waals surface area contributed by atoms with Crippen molar-refractivity contribution in [2.75, 3.05) is 12.8 Å². The Morgan fingerprint density at radius 1 is 1.24 bits per heavy atom. The lowest BCUT2D eigenvalue weighted by molar-refractivity contribution is -0.124. The maximum absolute atomic E-state index is 11.9. The maximum atomic E-state index is 11.9. The molecule has 1 aliphatic heterocycles. The van der Waals surface area contributed by atoms with E-state index in [9.17, 15) is 4.79 Å². The average Bonchev–Trinajstić information content (AvgIpc) is 3.07. The van der Waals surface area contributed by atoms with Gasteiger partial charge in [-0.15, -0.1) is 11.8 Å². The summed E-state index contributed by atoms with van der Waals surface area (Å²) in [4.78, 5) is 13.2. The van der Waals surface area contributed by atoms with E-state index in [4.69, 9.17) is 4.74 Å². The highest BCUT2D eigenvalue weighted by Gasteiger charge is 2.24. The summed E-state index contributed by atoms with van der Waals surface area (Å²) in [6.07, 6.45) is 3.81. The third-order valence-electron chi connectivity index (χ3n) is 4.79. The molecule has 2 atom stereocenters. The highest BCUT2D eigenvalue weighted by Crippen LogP contribution is 2.33. The minimum atomic E-state index is 0.0251. The lowest BCUT2D eigenvalue weighted by atomic mass is 10.0. The molecule has 0 aliphatic carbocycles. The van der Waals surface area contributed by atoms with E-state index in [0.29, 0.717) is 6.54 Å². The molecule has 0 saturated carbocycles. The van der Waals surface area contributed by atoms with E-state index < -0.39 is 0 Å². The van der Waals surface area contributed by atoms with E-state index in [-0.39, 0.29) is 17.9 Å². The number of ether oxygens (including phenoxy) is 1. The van der Waals surface area contributed by atoms with Crippen LogP contribution in [-0.4, -0.2) is 24.8 Å². The van der Waals surface area contributed by atoms with Crippen LogP contribution in [-0.2, 0) is 11.2 Å². The van der Waals surface area contributed by atoms with Gasteiger partial charge in [0.15, 0.2) is 0 Å². The van der Waals surface area contributed by atoms with Crippen molar-refractivity contribution in [3.63, 3.8) is 0 Å². The van der Waals surface area contributed by atoms with Gasteiger partial charge in [0.05, 0.1) is 6.54 Å². The number of fused-ring (bicyclic) bond motifs is 1. The summed E-state index contributed by atoms with van der Waals surface area (Å²) >= 11 is 1.75. The standard InChI is InChI=1S/C21H25NO2S/c1-4-14(2)21(23)22-13-18-12-17-11-16(7-10-20(17)24-18)15-5-8-19(25-3)9-6-15/h5-11,14,18H,4,12-13H2,1-3H3,(H,22,23)/t14-,18+/m1/s1. The summed E-state index contributed by atoms with van der Waals surface area (Å²) in [6.45, 7) is 4.54. The van der Waals surface area contributed by atoms with Crippen molar-refractivity contribution < 1.29 is 9.53 Å². The van der Waals surface area contributed by atoms with Gasteiger partial charge >= 0.3 is 0 Å². The summed E-state index contributed by atoms with van der Waals surface area (Å²) in [6, 6.07) is 15.0. The molecule has 0 fully saturated rings. The molecular formula is C21H25NO2S. The fourth-order valence-electron chi connectivity index (χ4n) is 2.97. The molecule has 1 aliphatic rings. The molecule has 0 saturated heterocycles. The summed E-state index contributed by atoms with van der Waals surface area (Å²) in [5, 5.41) is 3.00. The predicted molar refractivity (Wildman–Crippen MR) is 104 cm³/mol. The van der Waals surface area contributed by atoms with Gasteiger partial charge in [-0.3, -0.25) is 4.79 Å². The Kier molecular flexibility index (Phi) is 5.69. The molecule has 2 aromatic carbocycles. The summed E-state index contributed by atoms with van der Waals surface area (Å²) in [5.41, 5.74) is 3.64. The zero-order valence-electron chi connectivity index (χ0n) is 15.0. The van der Waals surface area contributed by atoms with Gasteiger partial charge in [0.2, 0.25) is 5.91 Å². The number of carbonyl (C=O) groups excluding carboxylic acids is 1. The zero-order valence-corrected chi connectivity index (χ0v) is 15.9. The molecule has 1 heterocycles. The Morgan fingerprint density at radius 2 is 1.96 bits per heavy atom. The molecule has 0 unspecified atom stereocenters. The van der Waals surface area contributed by atoms with Gasteiger partial charge in [-0.2, -0.15) is 0 Å². The van der Waals surface area contributed by atoms with Crippen molar-refractivity contribution in [3.8, 4) is 16.9 Å². The lowest BCUT2D eigenvalue weighted by Crippen LogP contribution is -2.37. The van der Waals surface area contributed by atoms with Gasteiger partial charge in [-0.1, -0.05) is 32.0 Å². The van der Waals surface area contributed by atoms with Crippen LogP contribution in [0.5, 0.6) is 5.75 Å². The first-order valence-electron chi connectivity index (χ1n) is 8.82. The monoisotopic (exact) mass is 355 g/mol. The number of carbonyl (C=O) groups is 1. The SMILES string of the molecule is CC[C@@H](C)C(=O)NC[C@@H]1Cc2cc(-c3ccc(SC)cc3)ccc2O1. The van der Waals surface area contributed by atoms with Gasteiger partial charge in [0.25, 0.3) is 0 Å². The minimum Gasteiger partial charge on any atom is -0.488 e. The number of benzene rings is 2. The molecule has 0 bridgehead atoms. The minimum absolute atomic E-state index is 0.0251. The molecule has 4 heteroatoms. The average molecular weight is 356 g/mol. The van der Waals surface area contributed by atoms with Gasteiger partial charge < -0.3 is 10.1 Å². The van der Waals surface area contributed by atoms with Crippen molar-refractivity contribution >= 4 is 17.7 Å². The maximum Gasteiger partial charge on any atom is 0.222 e. The van der Waals surface area contributed by atoms with E-state index in [0.717, 1.165) is 18.6 Å². The molecule has 0 spiro atoms. The van der Waals surface area contributed by atoms with Crippen molar-refractivity contribution in [2.24, 2.45) is 5.92 Å². The Morgan fingerprint density at radius 3 is 2.64 bits per heavy atom. The van der Waals surface area contributed by atoms with Crippen LogP contribution in [0.25, 0.3) is 11.1 Å².